The summed E-state index contributed by atoms with van der Waals surface area (Å²) in [5, 5.41) is 3.83. The highest BCUT2D eigenvalue weighted by Crippen LogP contribution is 2.55. The first kappa shape index (κ1) is 14.3. The number of hydrogen-bond donors (Lipinski definition) is 0. The van der Waals surface area contributed by atoms with Gasteiger partial charge in [0.25, 0.3) is 0 Å². The number of benzene rings is 5. The van der Waals surface area contributed by atoms with Gasteiger partial charge in [-0.15, -0.1) is 0 Å². The highest BCUT2D eigenvalue weighted by atomic mass is 31.2. The van der Waals surface area contributed by atoms with E-state index in [4.69, 9.17) is 6.85 Å². The van der Waals surface area contributed by atoms with Crippen molar-refractivity contribution < 1.29 is 11.4 Å². The van der Waals surface area contributed by atoms with Crippen LogP contribution in [0.5, 0.6) is 0 Å². The Morgan fingerprint density at radius 1 is 0.667 bits per heavy atom. The molecule has 1 unspecified atom stereocenters. The van der Waals surface area contributed by atoms with Gasteiger partial charge in [0.05, 0.1) is 17.9 Å². The lowest BCUT2D eigenvalue weighted by molar-refractivity contribution is 0.593. The zero-order chi connectivity index (χ0) is 26.3. The summed E-state index contributed by atoms with van der Waals surface area (Å²) in [6.45, 7) is 0. The first-order valence-electron chi connectivity index (χ1n) is 13.3. The molecule has 3 heteroatoms. The van der Waals surface area contributed by atoms with Crippen molar-refractivity contribution in [3.63, 3.8) is 0 Å². The summed E-state index contributed by atoms with van der Waals surface area (Å²) < 4.78 is 59.1. The van der Waals surface area contributed by atoms with E-state index >= 15 is 4.57 Å². The fraction of sp³-hybridized carbons (Fsp3) is 0. The predicted octanol–water partition coefficient (Wildman–Crippen LogP) is 6.40. The molecule has 0 radical (unpaired) electrons. The number of rotatable bonds is 2. The smallest absolute Gasteiger partial charge is 0.172 e. The molecule has 0 saturated heterocycles. The van der Waals surface area contributed by atoms with Gasteiger partial charge in [-0.1, -0.05) is 97.0 Å². The van der Waals surface area contributed by atoms with Gasteiger partial charge in [0.15, 0.2) is 7.14 Å². The molecular formula is C30H20NOP. The van der Waals surface area contributed by atoms with Crippen molar-refractivity contribution in [3.8, 4) is 16.8 Å². The quantitative estimate of drug-likeness (QED) is 0.282. The SMILES string of the molecule is [2H]c1c([2H])c([2H])c(-n2c3ccccc3c3c4c(ccc32)-c2ccccc2P4(=O)c2ccccc2)c([2H])c1[2H]. The Bertz CT molecular complexity index is 1990. The van der Waals surface area contributed by atoms with Crippen LogP contribution >= 0.6 is 7.14 Å². The van der Waals surface area contributed by atoms with E-state index in [1.165, 1.54) is 0 Å². The molecule has 0 saturated carbocycles. The van der Waals surface area contributed by atoms with Crippen LogP contribution in [0, 0.1) is 0 Å². The number of hydrogen-bond acceptors (Lipinski definition) is 1. The molecule has 7 rings (SSSR count). The van der Waals surface area contributed by atoms with Crippen LogP contribution in [0.25, 0.3) is 38.6 Å². The maximum Gasteiger partial charge on any atom is 0.172 e. The molecular weight excluding hydrogens is 421 g/mol. The van der Waals surface area contributed by atoms with Crippen molar-refractivity contribution in [1.29, 1.82) is 0 Å². The molecule has 156 valence electrons. The predicted molar refractivity (Wildman–Crippen MR) is 139 cm³/mol. The van der Waals surface area contributed by atoms with Gasteiger partial charge in [0, 0.05) is 32.4 Å². The fourth-order valence-corrected chi connectivity index (χ4v) is 8.47. The minimum Gasteiger partial charge on any atom is -0.309 e. The molecule has 0 spiro atoms. The van der Waals surface area contributed by atoms with Crippen molar-refractivity contribution in [1.82, 2.24) is 4.57 Å². The third kappa shape index (κ3) is 2.42. The molecule has 0 N–H and O–H groups in total. The first-order valence-corrected chi connectivity index (χ1v) is 12.5. The molecule has 1 aliphatic rings. The van der Waals surface area contributed by atoms with Crippen LogP contribution in [-0.4, -0.2) is 4.57 Å². The van der Waals surface area contributed by atoms with Crippen molar-refractivity contribution >= 4 is 44.9 Å². The Hall–Kier alpha value is -3.87. The van der Waals surface area contributed by atoms with Crippen LogP contribution in [0.15, 0.2) is 121 Å². The standard InChI is InChI=1S/C30H20NOP/c32-33(22-13-5-2-6-14-22)28-18-10-8-15-23(28)24-19-20-27-29(30(24)33)25-16-7-9-17-26(25)31(27)21-11-3-1-4-12-21/h1-20H/i1D,3D,4D,11D,12D. The zero-order valence-corrected chi connectivity index (χ0v) is 18.4. The summed E-state index contributed by atoms with van der Waals surface area (Å²) in [5.41, 5.74) is 3.23. The van der Waals surface area contributed by atoms with Gasteiger partial charge in [-0.25, -0.2) is 0 Å². The maximum absolute atomic E-state index is 15.4. The second kappa shape index (κ2) is 6.81. The van der Waals surface area contributed by atoms with E-state index in [1.54, 1.807) is 4.57 Å². The number of para-hydroxylation sites is 2. The highest BCUT2D eigenvalue weighted by Gasteiger charge is 2.42. The average Bonchev–Trinajstić information content (AvgIpc) is 3.42. The van der Waals surface area contributed by atoms with Gasteiger partial charge in [0.2, 0.25) is 0 Å². The molecule has 2 nitrogen and oxygen atoms in total. The zero-order valence-electron chi connectivity index (χ0n) is 22.5. The summed E-state index contributed by atoms with van der Waals surface area (Å²) in [4.78, 5) is 0. The summed E-state index contributed by atoms with van der Waals surface area (Å²) in [5.74, 6) is 0. The molecule has 0 fully saturated rings. The summed E-state index contributed by atoms with van der Waals surface area (Å²) in [6, 6.07) is 26.9. The van der Waals surface area contributed by atoms with Gasteiger partial charge >= 0.3 is 0 Å². The normalized spacial score (nSPS) is 18.8. The molecule has 1 aliphatic heterocycles. The van der Waals surface area contributed by atoms with Crippen LogP contribution < -0.4 is 15.9 Å². The van der Waals surface area contributed by atoms with Gasteiger partial charge < -0.3 is 9.13 Å². The van der Waals surface area contributed by atoms with E-state index in [-0.39, 0.29) is 17.8 Å². The largest absolute Gasteiger partial charge is 0.309 e. The summed E-state index contributed by atoms with van der Waals surface area (Å²) in [7, 11) is -3.29. The third-order valence-electron chi connectivity index (χ3n) is 6.49. The minimum absolute atomic E-state index is 0.0761. The lowest BCUT2D eigenvalue weighted by Gasteiger charge is -2.17. The molecule has 5 aromatic carbocycles. The van der Waals surface area contributed by atoms with Gasteiger partial charge in [-0.05, 0) is 35.3 Å². The Kier molecular flexibility index (Phi) is 2.95. The Balaban J connectivity index is 1.71. The number of nitrogens with zero attached hydrogens (tertiary/aromatic N) is 1. The lowest BCUT2D eigenvalue weighted by Crippen LogP contribution is -2.21. The van der Waals surface area contributed by atoms with E-state index in [9.17, 15) is 0 Å². The molecule has 0 bridgehead atoms. The van der Waals surface area contributed by atoms with Crippen molar-refractivity contribution in [2.24, 2.45) is 0 Å². The van der Waals surface area contributed by atoms with Crippen LogP contribution in [0.1, 0.15) is 6.85 Å². The van der Waals surface area contributed by atoms with Crippen molar-refractivity contribution in [2.75, 3.05) is 0 Å². The van der Waals surface area contributed by atoms with Crippen LogP contribution in [0.3, 0.4) is 0 Å². The molecule has 1 atom stereocenters. The summed E-state index contributed by atoms with van der Waals surface area (Å²) in [6.07, 6.45) is 0. The lowest BCUT2D eigenvalue weighted by atomic mass is 10.0. The van der Waals surface area contributed by atoms with Crippen LogP contribution in [0.2, 0.25) is 0 Å². The Morgan fingerprint density at radius 2 is 1.39 bits per heavy atom. The van der Waals surface area contributed by atoms with Crippen LogP contribution in [-0.2, 0) is 4.57 Å². The molecule has 33 heavy (non-hydrogen) atoms. The van der Waals surface area contributed by atoms with E-state index in [1.807, 2.05) is 91.0 Å². The Labute approximate surface area is 199 Å². The monoisotopic (exact) mass is 446 g/mol. The number of fused-ring (bicyclic) bond motifs is 7. The third-order valence-corrected chi connectivity index (χ3v) is 9.68. The fourth-order valence-electron chi connectivity index (χ4n) is 5.19. The minimum atomic E-state index is -3.29. The van der Waals surface area contributed by atoms with E-state index < -0.39 is 25.3 Å². The molecule has 0 amide bonds. The second-order valence-corrected chi connectivity index (χ2v) is 10.8. The molecule has 0 aliphatic carbocycles. The molecule has 1 aromatic heterocycles. The van der Waals surface area contributed by atoms with E-state index in [0.29, 0.717) is 11.0 Å². The highest BCUT2D eigenvalue weighted by molar-refractivity contribution is 7.86. The average molecular weight is 447 g/mol. The maximum atomic E-state index is 15.4. The van der Waals surface area contributed by atoms with Crippen molar-refractivity contribution in [3.05, 3.63) is 121 Å². The first-order chi connectivity index (χ1) is 18.4. The van der Waals surface area contributed by atoms with Gasteiger partial charge in [-0.2, -0.15) is 0 Å². The van der Waals surface area contributed by atoms with Gasteiger partial charge in [0.1, 0.15) is 0 Å². The van der Waals surface area contributed by atoms with Crippen molar-refractivity contribution in [2.45, 2.75) is 0 Å². The second-order valence-electron chi connectivity index (χ2n) is 8.14. The van der Waals surface area contributed by atoms with E-state index in [2.05, 4.69) is 0 Å². The number of aromatic nitrogens is 1. The molecule has 2 heterocycles. The van der Waals surface area contributed by atoms with Crippen LogP contribution in [0.4, 0.5) is 0 Å². The topological polar surface area (TPSA) is 22.0 Å². The summed E-state index contributed by atoms with van der Waals surface area (Å²) >= 11 is 0. The van der Waals surface area contributed by atoms with E-state index in [0.717, 1.165) is 37.8 Å². The molecule has 6 aromatic rings. The van der Waals surface area contributed by atoms with Gasteiger partial charge in [-0.3, -0.25) is 0 Å². The Morgan fingerprint density at radius 3 is 2.24 bits per heavy atom.